The van der Waals surface area contributed by atoms with Gasteiger partial charge < -0.3 is 9.47 Å². The van der Waals surface area contributed by atoms with Crippen molar-refractivity contribution < 1.29 is 28.7 Å². The number of para-hydroxylation sites is 2. The monoisotopic (exact) mass is 518 g/mol. The molecule has 0 heterocycles. The normalized spacial score (nSPS) is 10.2. The third-order valence-electron chi connectivity index (χ3n) is 5.55. The van der Waals surface area contributed by atoms with Crippen molar-refractivity contribution in [3.05, 3.63) is 94.0 Å². The van der Waals surface area contributed by atoms with Crippen molar-refractivity contribution in [2.24, 2.45) is 0 Å². The molecule has 10 heteroatoms. The average molecular weight is 519 g/mol. The van der Waals surface area contributed by atoms with Crippen molar-refractivity contribution in [2.45, 2.75) is 27.7 Å². The van der Waals surface area contributed by atoms with Gasteiger partial charge in [0.1, 0.15) is 11.5 Å². The molecule has 3 rings (SSSR count). The number of carbonyl (C=O) groups is 4. The van der Waals surface area contributed by atoms with E-state index in [-0.39, 0.29) is 24.3 Å². The minimum absolute atomic E-state index is 0.212. The quantitative estimate of drug-likeness (QED) is 0.339. The van der Waals surface area contributed by atoms with Crippen LogP contribution in [0.3, 0.4) is 0 Å². The van der Waals surface area contributed by atoms with Crippen molar-refractivity contribution in [1.82, 2.24) is 21.7 Å². The highest BCUT2D eigenvalue weighted by Gasteiger charge is 2.13. The number of aryl methyl sites for hydroxylation is 4. The first-order valence-corrected chi connectivity index (χ1v) is 11.8. The van der Waals surface area contributed by atoms with Gasteiger partial charge in [-0.15, -0.1) is 0 Å². The Bertz CT molecular complexity index is 1190. The first-order chi connectivity index (χ1) is 18.2. The van der Waals surface area contributed by atoms with Gasteiger partial charge in [0.05, 0.1) is 0 Å². The molecule has 198 valence electrons. The summed E-state index contributed by atoms with van der Waals surface area (Å²) in [5.74, 6) is -0.979. The van der Waals surface area contributed by atoms with Crippen LogP contribution >= 0.6 is 0 Å². The van der Waals surface area contributed by atoms with E-state index in [2.05, 4.69) is 21.7 Å². The van der Waals surface area contributed by atoms with Crippen molar-refractivity contribution in [1.29, 1.82) is 0 Å². The topological polar surface area (TPSA) is 135 Å². The summed E-state index contributed by atoms with van der Waals surface area (Å²) in [7, 11) is 0. The molecular formula is C28H30N4O6. The number of hydrazine groups is 2. The first-order valence-electron chi connectivity index (χ1n) is 11.8. The highest BCUT2D eigenvalue weighted by molar-refractivity contribution is 5.98. The van der Waals surface area contributed by atoms with E-state index in [1.54, 1.807) is 0 Å². The zero-order valence-electron chi connectivity index (χ0n) is 21.6. The predicted molar refractivity (Wildman–Crippen MR) is 140 cm³/mol. The average Bonchev–Trinajstić information content (AvgIpc) is 2.90. The van der Waals surface area contributed by atoms with Crippen molar-refractivity contribution in [2.75, 3.05) is 13.2 Å². The Labute approximate surface area is 220 Å². The summed E-state index contributed by atoms with van der Waals surface area (Å²) in [4.78, 5) is 48.8. The van der Waals surface area contributed by atoms with Crippen LogP contribution in [-0.2, 0) is 9.59 Å². The molecule has 0 spiro atoms. The molecule has 0 aromatic heterocycles. The van der Waals surface area contributed by atoms with Gasteiger partial charge >= 0.3 is 0 Å². The van der Waals surface area contributed by atoms with Gasteiger partial charge in [-0.3, -0.25) is 40.9 Å². The van der Waals surface area contributed by atoms with Crippen molar-refractivity contribution in [3.8, 4) is 11.5 Å². The van der Waals surface area contributed by atoms with E-state index < -0.39 is 23.6 Å². The second-order valence-electron chi connectivity index (χ2n) is 8.60. The summed E-state index contributed by atoms with van der Waals surface area (Å²) in [5, 5.41) is 0. The predicted octanol–water partition coefficient (Wildman–Crippen LogP) is 2.60. The number of hydrogen-bond acceptors (Lipinski definition) is 6. The van der Waals surface area contributed by atoms with E-state index in [4.69, 9.17) is 9.47 Å². The number of ether oxygens (including phenoxy) is 2. The Hall–Kier alpha value is -4.86. The third-order valence-corrected chi connectivity index (χ3v) is 5.55. The molecule has 0 saturated heterocycles. The first kappa shape index (κ1) is 27.7. The van der Waals surface area contributed by atoms with Crippen LogP contribution in [0.2, 0.25) is 0 Å². The van der Waals surface area contributed by atoms with E-state index in [1.807, 2.05) is 64.1 Å². The number of amides is 4. The van der Waals surface area contributed by atoms with Gasteiger partial charge in [0.2, 0.25) is 0 Å². The number of benzene rings is 3. The fraction of sp³-hybridized carbons (Fsp3) is 0.214. The second-order valence-corrected chi connectivity index (χ2v) is 8.60. The largest absolute Gasteiger partial charge is 0.483 e. The van der Waals surface area contributed by atoms with E-state index in [1.165, 1.54) is 24.3 Å². The van der Waals surface area contributed by atoms with Crippen LogP contribution in [0.25, 0.3) is 0 Å². The third kappa shape index (κ3) is 7.57. The maximum Gasteiger partial charge on any atom is 0.276 e. The Morgan fingerprint density at radius 3 is 1.16 bits per heavy atom. The molecule has 0 bridgehead atoms. The van der Waals surface area contributed by atoms with Crippen molar-refractivity contribution >= 4 is 23.6 Å². The Morgan fingerprint density at radius 1 is 0.526 bits per heavy atom. The van der Waals surface area contributed by atoms with E-state index in [9.17, 15) is 19.2 Å². The van der Waals surface area contributed by atoms with E-state index in [0.29, 0.717) is 11.5 Å². The van der Waals surface area contributed by atoms with E-state index >= 15 is 0 Å². The van der Waals surface area contributed by atoms with Gasteiger partial charge in [-0.05, 0) is 74.2 Å². The maximum absolute atomic E-state index is 12.3. The Balaban J connectivity index is 1.41. The van der Waals surface area contributed by atoms with Gasteiger partial charge in [0, 0.05) is 11.1 Å². The molecular weight excluding hydrogens is 488 g/mol. The van der Waals surface area contributed by atoms with Crippen LogP contribution in [0, 0.1) is 27.7 Å². The summed E-state index contributed by atoms with van der Waals surface area (Å²) in [6, 6.07) is 16.9. The smallest absolute Gasteiger partial charge is 0.276 e. The van der Waals surface area contributed by atoms with Gasteiger partial charge in [0.15, 0.2) is 13.2 Å². The lowest BCUT2D eigenvalue weighted by molar-refractivity contribution is -0.124. The second kappa shape index (κ2) is 12.9. The highest BCUT2D eigenvalue weighted by Crippen LogP contribution is 2.22. The Kier molecular flexibility index (Phi) is 9.42. The minimum atomic E-state index is -0.575. The molecule has 0 atom stereocenters. The number of carbonyl (C=O) groups excluding carboxylic acids is 4. The SMILES string of the molecule is Cc1cccc(C)c1OCC(=O)NNC(=O)c1ccc(C(=O)NNC(=O)COc2c(C)cccc2C)cc1. The lowest BCUT2D eigenvalue weighted by atomic mass is 10.1. The molecule has 4 N–H and O–H groups in total. The van der Waals surface area contributed by atoms with Gasteiger partial charge in [-0.2, -0.15) is 0 Å². The molecule has 4 amide bonds. The molecule has 0 fully saturated rings. The number of rotatable bonds is 8. The summed E-state index contributed by atoms with van der Waals surface area (Å²) >= 11 is 0. The minimum Gasteiger partial charge on any atom is -0.483 e. The molecule has 0 radical (unpaired) electrons. The van der Waals surface area contributed by atoms with Crippen LogP contribution in [0.1, 0.15) is 43.0 Å². The fourth-order valence-electron chi connectivity index (χ4n) is 3.57. The highest BCUT2D eigenvalue weighted by atomic mass is 16.5. The zero-order valence-corrected chi connectivity index (χ0v) is 21.6. The van der Waals surface area contributed by atoms with Gasteiger partial charge in [-0.25, -0.2) is 0 Å². The van der Waals surface area contributed by atoms with E-state index in [0.717, 1.165) is 22.3 Å². The molecule has 0 aliphatic rings. The van der Waals surface area contributed by atoms with Crippen LogP contribution in [0.4, 0.5) is 0 Å². The molecule has 0 aliphatic carbocycles. The zero-order chi connectivity index (χ0) is 27.7. The van der Waals surface area contributed by atoms with Crippen LogP contribution in [-0.4, -0.2) is 36.8 Å². The van der Waals surface area contributed by atoms with Crippen LogP contribution < -0.4 is 31.2 Å². The van der Waals surface area contributed by atoms with Crippen LogP contribution in [0.5, 0.6) is 11.5 Å². The van der Waals surface area contributed by atoms with Crippen molar-refractivity contribution in [3.63, 3.8) is 0 Å². The molecule has 0 saturated carbocycles. The Morgan fingerprint density at radius 2 is 0.842 bits per heavy atom. The summed E-state index contributed by atoms with van der Waals surface area (Å²) in [5.41, 5.74) is 13.2. The van der Waals surface area contributed by atoms with Crippen LogP contribution in [0.15, 0.2) is 60.7 Å². The number of nitrogens with one attached hydrogen (secondary N) is 4. The lowest BCUT2D eigenvalue weighted by Gasteiger charge is -2.13. The lowest BCUT2D eigenvalue weighted by Crippen LogP contribution is -2.44. The maximum atomic E-state index is 12.3. The van der Waals surface area contributed by atoms with Gasteiger partial charge in [-0.1, -0.05) is 36.4 Å². The summed E-state index contributed by atoms with van der Waals surface area (Å²) in [6.07, 6.45) is 0. The summed E-state index contributed by atoms with van der Waals surface area (Å²) < 4.78 is 11.1. The molecule has 0 unspecified atom stereocenters. The molecule has 3 aromatic carbocycles. The molecule has 3 aromatic rings. The standard InChI is InChI=1S/C28H30N4O6/c1-17-7-5-8-18(2)25(17)37-15-23(33)29-31-27(35)21-11-13-22(14-12-21)28(36)32-30-24(34)16-38-26-19(3)9-6-10-20(26)4/h5-14H,15-16H2,1-4H3,(H,29,33)(H,30,34)(H,31,35)(H,32,36). The van der Waals surface area contributed by atoms with Gasteiger partial charge in [0.25, 0.3) is 23.6 Å². The molecule has 0 aliphatic heterocycles. The molecule has 38 heavy (non-hydrogen) atoms. The fourth-order valence-corrected chi connectivity index (χ4v) is 3.57. The number of hydrogen-bond donors (Lipinski definition) is 4. The summed E-state index contributed by atoms with van der Waals surface area (Å²) in [6.45, 7) is 6.96. The molecule has 10 nitrogen and oxygen atoms in total.